The SMILES string of the molecule is CCCC(S)c1ccc(C(=O)O)cc1. The highest BCUT2D eigenvalue weighted by Gasteiger charge is 2.06. The second-order valence-corrected chi connectivity index (χ2v) is 3.85. The maximum atomic E-state index is 10.6. The summed E-state index contributed by atoms with van der Waals surface area (Å²) in [7, 11) is 0. The number of hydrogen-bond donors (Lipinski definition) is 2. The van der Waals surface area contributed by atoms with E-state index in [1.165, 1.54) is 0 Å². The van der Waals surface area contributed by atoms with Crippen LogP contribution in [0.5, 0.6) is 0 Å². The predicted octanol–water partition coefficient (Wildman–Crippen LogP) is 3.16. The molecule has 3 heteroatoms. The number of carbonyl (C=O) groups is 1. The molecule has 0 radical (unpaired) electrons. The molecule has 1 N–H and O–H groups in total. The third-order valence-electron chi connectivity index (χ3n) is 2.10. The Morgan fingerprint density at radius 2 is 2.00 bits per heavy atom. The van der Waals surface area contributed by atoms with Crippen LogP contribution in [0.2, 0.25) is 0 Å². The number of rotatable bonds is 4. The van der Waals surface area contributed by atoms with Crippen molar-refractivity contribution in [1.82, 2.24) is 0 Å². The van der Waals surface area contributed by atoms with Gasteiger partial charge in [0.1, 0.15) is 0 Å². The van der Waals surface area contributed by atoms with Crippen molar-refractivity contribution < 1.29 is 9.90 Å². The molecule has 0 aromatic heterocycles. The Labute approximate surface area is 89.4 Å². The van der Waals surface area contributed by atoms with Crippen molar-refractivity contribution in [2.75, 3.05) is 0 Å². The van der Waals surface area contributed by atoms with Crippen LogP contribution in [0.1, 0.15) is 40.9 Å². The second-order valence-electron chi connectivity index (χ2n) is 3.23. The smallest absolute Gasteiger partial charge is 0.335 e. The third-order valence-corrected chi connectivity index (χ3v) is 2.66. The lowest BCUT2D eigenvalue weighted by atomic mass is 10.1. The van der Waals surface area contributed by atoms with E-state index < -0.39 is 5.97 Å². The zero-order chi connectivity index (χ0) is 10.6. The van der Waals surface area contributed by atoms with E-state index in [-0.39, 0.29) is 5.25 Å². The van der Waals surface area contributed by atoms with Gasteiger partial charge in [0.15, 0.2) is 0 Å². The molecule has 1 aromatic rings. The first kappa shape index (κ1) is 11.1. The zero-order valence-corrected chi connectivity index (χ0v) is 9.00. The summed E-state index contributed by atoms with van der Waals surface area (Å²) in [5, 5.41) is 8.91. The summed E-state index contributed by atoms with van der Waals surface area (Å²) in [5.41, 5.74) is 1.41. The summed E-state index contributed by atoms with van der Waals surface area (Å²) < 4.78 is 0. The summed E-state index contributed by atoms with van der Waals surface area (Å²) >= 11 is 4.44. The number of hydrogen-bond acceptors (Lipinski definition) is 2. The number of benzene rings is 1. The molecular formula is C11H14O2S. The molecule has 0 bridgehead atoms. The van der Waals surface area contributed by atoms with Crippen molar-refractivity contribution in [3.63, 3.8) is 0 Å². The highest BCUT2D eigenvalue weighted by Crippen LogP contribution is 2.24. The summed E-state index contributed by atoms with van der Waals surface area (Å²) in [6.45, 7) is 2.11. The van der Waals surface area contributed by atoms with Gasteiger partial charge in [0.2, 0.25) is 0 Å². The van der Waals surface area contributed by atoms with Crippen molar-refractivity contribution >= 4 is 18.6 Å². The van der Waals surface area contributed by atoms with Crippen LogP contribution in [-0.2, 0) is 0 Å². The average molecular weight is 210 g/mol. The molecule has 0 aliphatic rings. The van der Waals surface area contributed by atoms with Crippen molar-refractivity contribution in [1.29, 1.82) is 0 Å². The topological polar surface area (TPSA) is 37.3 Å². The summed E-state index contributed by atoms with van der Waals surface area (Å²) in [6.07, 6.45) is 2.09. The third kappa shape index (κ3) is 2.77. The molecule has 0 fully saturated rings. The fourth-order valence-corrected chi connectivity index (χ4v) is 1.72. The van der Waals surface area contributed by atoms with Crippen LogP contribution in [0, 0.1) is 0 Å². The lowest BCUT2D eigenvalue weighted by molar-refractivity contribution is 0.0697. The normalized spacial score (nSPS) is 12.4. The Bertz CT molecular complexity index is 306. The molecule has 1 aromatic carbocycles. The number of carboxylic acids is 1. The molecule has 0 saturated heterocycles. The minimum atomic E-state index is -0.886. The van der Waals surface area contributed by atoms with Gasteiger partial charge in [-0.05, 0) is 24.1 Å². The molecule has 2 nitrogen and oxygen atoms in total. The highest BCUT2D eigenvalue weighted by molar-refractivity contribution is 7.80. The fraction of sp³-hybridized carbons (Fsp3) is 0.364. The average Bonchev–Trinajstić information content (AvgIpc) is 2.18. The Hall–Kier alpha value is -0.960. The summed E-state index contributed by atoms with van der Waals surface area (Å²) in [6, 6.07) is 6.90. The zero-order valence-electron chi connectivity index (χ0n) is 8.10. The van der Waals surface area contributed by atoms with Crippen LogP contribution in [0.15, 0.2) is 24.3 Å². The highest BCUT2D eigenvalue weighted by atomic mass is 32.1. The van der Waals surface area contributed by atoms with Gasteiger partial charge in [-0.3, -0.25) is 0 Å². The molecule has 1 rings (SSSR count). The molecule has 76 valence electrons. The molecule has 0 aliphatic heterocycles. The molecule has 0 amide bonds. The minimum Gasteiger partial charge on any atom is -0.478 e. The number of carboxylic acid groups (broad SMARTS) is 1. The van der Waals surface area contributed by atoms with E-state index >= 15 is 0 Å². The maximum absolute atomic E-state index is 10.6. The fourth-order valence-electron chi connectivity index (χ4n) is 1.29. The molecule has 1 unspecified atom stereocenters. The first-order valence-corrected chi connectivity index (χ1v) is 5.18. The monoisotopic (exact) mass is 210 g/mol. The van der Waals surface area contributed by atoms with Crippen LogP contribution in [0.25, 0.3) is 0 Å². The van der Waals surface area contributed by atoms with Gasteiger partial charge < -0.3 is 5.11 Å². The van der Waals surface area contributed by atoms with Crippen LogP contribution >= 0.6 is 12.6 Å². The predicted molar refractivity (Wildman–Crippen MR) is 60.0 cm³/mol. The largest absolute Gasteiger partial charge is 0.478 e. The Morgan fingerprint density at radius 1 is 1.43 bits per heavy atom. The molecule has 0 saturated carbocycles. The maximum Gasteiger partial charge on any atom is 0.335 e. The van der Waals surface area contributed by atoms with Crippen molar-refractivity contribution in [2.24, 2.45) is 0 Å². The lowest BCUT2D eigenvalue weighted by Crippen LogP contribution is -1.97. The van der Waals surface area contributed by atoms with Crippen LogP contribution in [0.3, 0.4) is 0 Å². The van der Waals surface area contributed by atoms with Crippen LogP contribution in [0.4, 0.5) is 0 Å². The van der Waals surface area contributed by atoms with Gasteiger partial charge in [0, 0.05) is 5.25 Å². The number of aromatic carboxylic acids is 1. The van der Waals surface area contributed by atoms with E-state index in [4.69, 9.17) is 5.11 Å². The van der Waals surface area contributed by atoms with Crippen LogP contribution < -0.4 is 0 Å². The van der Waals surface area contributed by atoms with Gasteiger partial charge in [-0.1, -0.05) is 25.5 Å². The first-order chi connectivity index (χ1) is 6.65. The lowest BCUT2D eigenvalue weighted by Gasteiger charge is -2.09. The van der Waals surface area contributed by atoms with E-state index in [1.807, 2.05) is 12.1 Å². The van der Waals surface area contributed by atoms with E-state index in [2.05, 4.69) is 19.6 Å². The molecule has 0 heterocycles. The van der Waals surface area contributed by atoms with E-state index in [1.54, 1.807) is 12.1 Å². The van der Waals surface area contributed by atoms with Gasteiger partial charge >= 0.3 is 5.97 Å². The quantitative estimate of drug-likeness (QED) is 0.749. The van der Waals surface area contributed by atoms with Crippen LogP contribution in [-0.4, -0.2) is 11.1 Å². The first-order valence-electron chi connectivity index (χ1n) is 4.66. The Morgan fingerprint density at radius 3 is 2.43 bits per heavy atom. The Balaban J connectivity index is 2.77. The standard InChI is InChI=1S/C11H14O2S/c1-2-3-10(14)8-4-6-9(7-5-8)11(12)13/h4-7,10,14H,2-3H2,1H3,(H,12,13). The molecule has 14 heavy (non-hydrogen) atoms. The Kier molecular flexibility index (Phi) is 4.01. The molecule has 0 spiro atoms. The van der Waals surface area contributed by atoms with Crippen molar-refractivity contribution in [3.8, 4) is 0 Å². The van der Waals surface area contributed by atoms with E-state index in [0.717, 1.165) is 18.4 Å². The number of thiol groups is 1. The minimum absolute atomic E-state index is 0.211. The molecule has 1 atom stereocenters. The van der Waals surface area contributed by atoms with Crippen molar-refractivity contribution in [2.45, 2.75) is 25.0 Å². The van der Waals surface area contributed by atoms with E-state index in [9.17, 15) is 4.79 Å². The van der Waals surface area contributed by atoms with Gasteiger partial charge in [0.25, 0.3) is 0 Å². The van der Waals surface area contributed by atoms with Gasteiger partial charge in [-0.25, -0.2) is 4.79 Å². The summed E-state index contributed by atoms with van der Waals surface area (Å²) in [4.78, 5) is 10.6. The van der Waals surface area contributed by atoms with Gasteiger partial charge in [-0.15, -0.1) is 0 Å². The second kappa shape index (κ2) is 5.05. The van der Waals surface area contributed by atoms with E-state index in [0.29, 0.717) is 5.56 Å². The molecular weight excluding hydrogens is 196 g/mol. The van der Waals surface area contributed by atoms with Gasteiger partial charge in [0.05, 0.1) is 5.56 Å². The van der Waals surface area contributed by atoms with Gasteiger partial charge in [-0.2, -0.15) is 12.6 Å². The van der Waals surface area contributed by atoms with Crippen molar-refractivity contribution in [3.05, 3.63) is 35.4 Å². The summed E-state index contributed by atoms with van der Waals surface area (Å²) in [5.74, 6) is -0.886. The molecule has 0 aliphatic carbocycles.